The van der Waals surface area contributed by atoms with Gasteiger partial charge in [-0.3, -0.25) is 0 Å². The van der Waals surface area contributed by atoms with E-state index < -0.39 is 8.07 Å². The summed E-state index contributed by atoms with van der Waals surface area (Å²) in [6.07, 6.45) is 8.54. The van der Waals surface area contributed by atoms with E-state index in [0.29, 0.717) is 11.5 Å². The van der Waals surface area contributed by atoms with Gasteiger partial charge in [-0.1, -0.05) is 39.9 Å². The first-order valence-electron chi connectivity index (χ1n) is 8.81. The quantitative estimate of drug-likeness (QED) is 0.567. The molecule has 3 heteroatoms. The molecule has 0 bridgehead atoms. The van der Waals surface area contributed by atoms with Crippen LogP contribution in [0.5, 0.6) is 0 Å². The highest BCUT2D eigenvalue weighted by Gasteiger charge is 2.52. The van der Waals surface area contributed by atoms with Gasteiger partial charge in [0, 0.05) is 12.5 Å². The van der Waals surface area contributed by atoms with Gasteiger partial charge in [0.1, 0.15) is 18.6 Å². The zero-order chi connectivity index (χ0) is 15.7. The molecule has 2 aliphatic carbocycles. The molecule has 1 nitrogen and oxygen atoms in total. The van der Waals surface area contributed by atoms with Crippen LogP contribution < -0.4 is 0 Å². The Morgan fingerprint density at radius 2 is 2.00 bits per heavy atom. The van der Waals surface area contributed by atoms with Crippen molar-refractivity contribution in [1.29, 1.82) is 0 Å². The second-order valence-corrected chi connectivity index (χ2v) is 13.9. The standard InChI is InChI=1S/C18H34OSi2/c1-14(8-7-13-21(3,4)5)15-10-11-16-17(19-20)9-6-12-18(15,16)2/h14-17H,6,8-12H2,1-5,20H3/t14-,15-,16+,17+,18-/m1/s1. The summed E-state index contributed by atoms with van der Waals surface area (Å²) in [4.78, 5) is 0. The van der Waals surface area contributed by atoms with Crippen LogP contribution in [0.25, 0.3) is 0 Å². The van der Waals surface area contributed by atoms with Crippen molar-refractivity contribution in [2.45, 2.75) is 78.1 Å². The topological polar surface area (TPSA) is 9.23 Å². The maximum atomic E-state index is 5.94. The fourth-order valence-corrected chi connectivity index (χ4v) is 6.19. The van der Waals surface area contributed by atoms with Crippen molar-refractivity contribution in [2.24, 2.45) is 23.2 Å². The van der Waals surface area contributed by atoms with E-state index in [4.69, 9.17) is 4.43 Å². The van der Waals surface area contributed by atoms with Gasteiger partial charge in [-0.05, 0) is 48.9 Å². The lowest BCUT2D eigenvalue weighted by Crippen LogP contribution is -2.42. The molecule has 0 unspecified atom stereocenters. The largest absolute Gasteiger partial charge is 0.425 e. The molecule has 5 atom stereocenters. The van der Waals surface area contributed by atoms with Crippen molar-refractivity contribution in [1.82, 2.24) is 0 Å². The Morgan fingerprint density at radius 1 is 1.29 bits per heavy atom. The Balaban J connectivity index is 2.05. The van der Waals surface area contributed by atoms with E-state index in [0.717, 1.165) is 34.7 Å². The molecule has 0 spiro atoms. The summed E-state index contributed by atoms with van der Waals surface area (Å²) in [6.45, 7) is 12.0. The average Bonchev–Trinajstić information content (AvgIpc) is 2.73. The van der Waals surface area contributed by atoms with Crippen LogP contribution >= 0.6 is 0 Å². The van der Waals surface area contributed by atoms with Gasteiger partial charge in [-0.25, -0.2) is 0 Å². The molecule has 0 aliphatic heterocycles. The highest BCUT2D eigenvalue weighted by molar-refractivity contribution is 6.83. The second-order valence-electron chi connectivity index (χ2n) is 8.70. The van der Waals surface area contributed by atoms with Gasteiger partial charge in [0.15, 0.2) is 0 Å². The molecule has 0 saturated heterocycles. The fourth-order valence-electron chi connectivity index (χ4n) is 5.00. The van der Waals surface area contributed by atoms with Crippen molar-refractivity contribution in [3.63, 3.8) is 0 Å². The van der Waals surface area contributed by atoms with E-state index in [9.17, 15) is 0 Å². The van der Waals surface area contributed by atoms with Crippen LogP contribution in [0, 0.1) is 34.6 Å². The zero-order valence-corrected chi connectivity index (χ0v) is 18.0. The molecule has 0 aromatic carbocycles. The Kier molecular flexibility index (Phi) is 5.44. The van der Waals surface area contributed by atoms with Gasteiger partial charge in [0.05, 0.1) is 0 Å². The lowest BCUT2D eigenvalue weighted by molar-refractivity contribution is -0.0102. The summed E-state index contributed by atoms with van der Waals surface area (Å²) >= 11 is 0. The summed E-state index contributed by atoms with van der Waals surface area (Å²) in [7, 11) is -0.312. The van der Waals surface area contributed by atoms with E-state index in [1.807, 2.05) is 0 Å². The first kappa shape index (κ1) is 17.3. The minimum atomic E-state index is -1.21. The summed E-state index contributed by atoms with van der Waals surface area (Å²) in [6, 6.07) is 0. The second kappa shape index (κ2) is 6.60. The summed E-state index contributed by atoms with van der Waals surface area (Å²) in [5.74, 6) is 5.95. The molecule has 2 saturated carbocycles. The molecule has 0 amide bonds. The monoisotopic (exact) mass is 322 g/mol. The van der Waals surface area contributed by atoms with Crippen molar-refractivity contribution < 1.29 is 4.43 Å². The van der Waals surface area contributed by atoms with E-state index in [-0.39, 0.29) is 0 Å². The highest BCUT2D eigenvalue weighted by atomic mass is 28.3. The van der Waals surface area contributed by atoms with E-state index in [1.165, 1.54) is 32.1 Å². The SMILES string of the molecule is C[C@H](CC#C[Si](C)(C)C)[C@H]1CC[C@H]2[C@@H](O[SiH3])CCC[C@]12C. The smallest absolute Gasteiger partial charge is 0.146 e. The lowest BCUT2D eigenvalue weighted by atomic mass is 9.61. The summed E-state index contributed by atoms with van der Waals surface area (Å²) < 4.78 is 5.94. The number of hydrogen-bond donors (Lipinski definition) is 0. The average molecular weight is 323 g/mol. The van der Waals surface area contributed by atoms with Gasteiger partial charge < -0.3 is 4.43 Å². The predicted octanol–water partition coefficient (Wildman–Crippen LogP) is 3.78. The molecule has 2 aliphatic rings. The predicted molar refractivity (Wildman–Crippen MR) is 97.9 cm³/mol. The first-order chi connectivity index (χ1) is 9.78. The number of hydrogen-bond acceptors (Lipinski definition) is 1. The van der Waals surface area contributed by atoms with Crippen LogP contribution in [0.4, 0.5) is 0 Å². The Morgan fingerprint density at radius 3 is 2.62 bits per heavy atom. The van der Waals surface area contributed by atoms with Crippen molar-refractivity contribution in [2.75, 3.05) is 0 Å². The summed E-state index contributed by atoms with van der Waals surface area (Å²) in [5.41, 5.74) is 4.07. The van der Waals surface area contributed by atoms with Gasteiger partial charge in [-0.2, -0.15) is 0 Å². The molecular weight excluding hydrogens is 288 g/mol. The van der Waals surface area contributed by atoms with Crippen molar-refractivity contribution >= 4 is 18.6 Å². The van der Waals surface area contributed by atoms with Crippen LogP contribution in [0.3, 0.4) is 0 Å². The molecule has 0 N–H and O–H groups in total. The lowest BCUT2D eigenvalue weighted by Gasteiger charge is -2.46. The molecule has 0 aromatic heterocycles. The normalized spacial score (nSPS) is 37.7. The fraction of sp³-hybridized carbons (Fsp3) is 0.889. The van der Waals surface area contributed by atoms with E-state index in [2.05, 4.69) is 45.0 Å². The maximum absolute atomic E-state index is 5.94. The zero-order valence-electron chi connectivity index (χ0n) is 15.0. The molecule has 0 aromatic rings. The van der Waals surface area contributed by atoms with Crippen LogP contribution in [0.1, 0.15) is 52.4 Å². The first-order valence-corrected chi connectivity index (χ1v) is 13.1. The van der Waals surface area contributed by atoms with Crippen LogP contribution in [-0.4, -0.2) is 24.7 Å². The van der Waals surface area contributed by atoms with Gasteiger partial charge in [0.2, 0.25) is 0 Å². The highest BCUT2D eigenvalue weighted by Crippen LogP contribution is 2.58. The Labute approximate surface area is 136 Å². The third-order valence-electron chi connectivity index (χ3n) is 6.01. The minimum Gasteiger partial charge on any atom is -0.425 e. The third-order valence-corrected chi connectivity index (χ3v) is 7.55. The maximum Gasteiger partial charge on any atom is 0.146 e. The van der Waals surface area contributed by atoms with E-state index >= 15 is 0 Å². The van der Waals surface area contributed by atoms with Crippen molar-refractivity contribution in [3.05, 3.63) is 0 Å². The molecule has 21 heavy (non-hydrogen) atoms. The molecular formula is C18H34OSi2. The molecule has 2 fully saturated rings. The summed E-state index contributed by atoms with van der Waals surface area (Å²) in [5, 5.41) is 0. The Bertz CT molecular complexity index is 417. The molecule has 120 valence electrons. The molecule has 0 heterocycles. The third kappa shape index (κ3) is 3.83. The van der Waals surface area contributed by atoms with Crippen LogP contribution in [-0.2, 0) is 4.43 Å². The van der Waals surface area contributed by atoms with Gasteiger partial charge >= 0.3 is 0 Å². The molecule has 0 radical (unpaired) electrons. The number of rotatable bonds is 3. The Hall–Kier alpha value is -0.0462. The van der Waals surface area contributed by atoms with Crippen LogP contribution in [0.15, 0.2) is 0 Å². The van der Waals surface area contributed by atoms with Crippen molar-refractivity contribution in [3.8, 4) is 11.5 Å². The number of fused-ring (bicyclic) bond motifs is 1. The van der Waals surface area contributed by atoms with E-state index in [1.54, 1.807) is 0 Å². The van der Waals surface area contributed by atoms with Gasteiger partial charge in [0.25, 0.3) is 0 Å². The molecule has 2 rings (SSSR count). The van der Waals surface area contributed by atoms with Crippen LogP contribution in [0.2, 0.25) is 19.6 Å². The van der Waals surface area contributed by atoms with Gasteiger partial charge in [-0.15, -0.1) is 11.5 Å². The minimum absolute atomic E-state index is 0.521.